The molecule has 0 spiro atoms. The first kappa shape index (κ1) is 16.4. The van der Waals surface area contributed by atoms with E-state index in [0.717, 1.165) is 0 Å². The molecule has 0 saturated heterocycles. The van der Waals surface area contributed by atoms with Gasteiger partial charge in [-0.05, 0) is 0 Å². The standard InChI is InChI=1S/C12H15N3O6/c16-11(17)8-21-6-5-13-12(18)14-7-9-3-1-2-4-10(9)15(19)20/h1-4H,5-8H2,(H,16,17)(H2,13,14,18). The number of benzene rings is 1. The fraction of sp³-hybridized carbons (Fsp3) is 0.333. The molecule has 0 aliphatic rings. The zero-order valence-corrected chi connectivity index (χ0v) is 11.1. The van der Waals surface area contributed by atoms with Gasteiger partial charge in [-0.3, -0.25) is 10.1 Å². The van der Waals surface area contributed by atoms with E-state index in [2.05, 4.69) is 10.6 Å². The number of rotatable bonds is 8. The number of nitrogens with one attached hydrogen (secondary N) is 2. The molecule has 0 saturated carbocycles. The number of nitro benzene ring substituents is 1. The number of hydrogen-bond donors (Lipinski definition) is 3. The predicted molar refractivity (Wildman–Crippen MR) is 71.8 cm³/mol. The number of urea groups is 1. The largest absolute Gasteiger partial charge is 0.480 e. The van der Waals surface area contributed by atoms with Crippen LogP contribution in [0.5, 0.6) is 0 Å². The maximum atomic E-state index is 11.4. The average Bonchev–Trinajstić information content (AvgIpc) is 2.44. The molecule has 3 N–H and O–H groups in total. The molecule has 9 heteroatoms. The van der Waals surface area contributed by atoms with Gasteiger partial charge in [0.15, 0.2) is 0 Å². The molecule has 1 aromatic rings. The van der Waals surface area contributed by atoms with Gasteiger partial charge >= 0.3 is 12.0 Å². The number of carboxylic acid groups (broad SMARTS) is 1. The van der Waals surface area contributed by atoms with Crippen LogP contribution in [0.2, 0.25) is 0 Å². The van der Waals surface area contributed by atoms with Gasteiger partial charge in [-0.1, -0.05) is 18.2 Å². The minimum Gasteiger partial charge on any atom is -0.480 e. The zero-order chi connectivity index (χ0) is 15.7. The molecular weight excluding hydrogens is 282 g/mol. The molecular formula is C12H15N3O6. The first-order valence-corrected chi connectivity index (χ1v) is 6.04. The molecule has 9 nitrogen and oxygen atoms in total. The van der Waals surface area contributed by atoms with Gasteiger partial charge in [-0.2, -0.15) is 0 Å². The fourth-order valence-corrected chi connectivity index (χ4v) is 1.47. The Bertz CT molecular complexity index is 519. The van der Waals surface area contributed by atoms with Gasteiger partial charge in [0.1, 0.15) is 6.61 Å². The normalized spacial score (nSPS) is 9.90. The second-order valence-electron chi connectivity index (χ2n) is 3.94. The third kappa shape index (κ3) is 6.34. The van der Waals surface area contributed by atoms with E-state index in [9.17, 15) is 19.7 Å². The van der Waals surface area contributed by atoms with Gasteiger partial charge in [0.05, 0.1) is 18.1 Å². The second kappa shape index (κ2) is 8.48. The maximum Gasteiger partial charge on any atom is 0.329 e. The van der Waals surface area contributed by atoms with E-state index < -0.39 is 23.5 Å². The summed E-state index contributed by atoms with van der Waals surface area (Å²) in [6, 6.07) is 5.57. The summed E-state index contributed by atoms with van der Waals surface area (Å²) < 4.78 is 4.73. The van der Waals surface area contributed by atoms with Crippen molar-refractivity contribution in [2.75, 3.05) is 19.8 Å². The predicted octanol–water partition coefficient (Wildman–Crippen LogP) is 0.495. The van der Waals surface area contributed by atoms with E-state index >= 15 is 0 Å². The highest BCUT2D eigenvalue weighted by Gasteiger charge is 2.12. The number of hydrogen-bond acceptors (Lipinski definition) is 5. The van der Waals surface area contributed by atoms with E-state index in [0.29, 0.717) is 5.56 Å². The minimum atomic E-state index is -1.09. The number of aliphatic carboxylic acids is 1. The molecule has 0 atom stereocenters. The molecule has 0 heterocycles. The van der Waals surface area contributed by atoms with E-state index in [1.54, 1.807) is 18.2 Å². The number of carbonyl (C=O) groups excluding carboxylic acids is 1. The lowest BCUT2D eigenvalue weighted by Crippen LogP contribution is -2.37. The van der Waals surface area contributed by atoms with Crippen LogP contribution in [0, 0.1) is 10.1 Å². The summed E-state index contributed by atoms with van der Waals surface area (Å²) in [6.45, 7) is -0.223. The molecule has 0 radical (unpaired) electrons. The number of amides is 2. The molecule has 0 unspecified atom stereocenters. The summed E-state index contributed by atoms with van der Waals surface area (Å²) >= 11 is 0. The summed E-state index contributed by atoms with van der Waals surface area (Å²) in [5.41, 5.74) is 0.322. The first-order valence-electron chi connectivity index (χ1n) is 6.04. The summed E-state index contributed by atoms with van der Waals surface area (Å²) in [4.78, 5) is 31.9. The van der Waals surface area contributed by atoms with Crippen LogP contribution in [0.15, 0.2) is 24.3 Å². The Balaban J connectivity index is 2.30. The van der Waals surface area contributed by atoms with Gasteiger partial charge in [0.2, 0.25) is 0 Å². The smallest absolute Gasteiger partial charge is 0.329 e. The van der Waals surface area contributed by atoms with E-state index in [1.165, 1.54) is 6.07 Å². The van der Waals surface area contributed by atoms with Crippen LogP contribution in [0.1, 0.15) is 5.56 Å². The van der Waals surface area contributed by atoms with Crippen molar-refractivity contribution in [1.29, 1.82) is 0 Å². The Hall–Kier alpha value is -2.68. The number of carbonyl (C=O) groups is 2. The van der Waals surface area contributed by atoms with Gasteiger partial charge < -0.3 is 20.5 Å². The molecule has 114 valence electrons. The molecule has 0 fully saturated rings. The Morgan fingerprint density at radius 1 is 1.29 bits per heavy atom. The molecule has 1 rings (SSSR count). The summed E-state index contributed by atoms with van der Waals surface area (Å²) in [6.07, 6.45) is 0. The highest BCUT2D eigenvalue weighted by molar-refractivity contribution is 5.74. The highest BCUT2D eigenvalue weighted by Crippen LogP contribution is 2.16. The third-order valence-electron chi connectivity index (χ3n) is 2.39. The van der Waals surface area contributed by atoms with Crippen LogP contribution in [0.3, 0.4) is 0 Å². The topological polar surface area (TPSA) is 131 Å². The average molecular weight is 297 g/mol. The van der Waals surface area contributed by atoms with Crippen molar-refractivity contribution < 1.29 is 24.4 Å². The van der Waals surface area contributed by atoms with Crippen LogP contribution in [0.4, 0.5) is 10.5 Å². The second-order valence-corrected chi connectivity index (χ2v) is 3.94. The quantitative estimate of drug-likeness (QED) is 0.363. The van der Waals surface area contributed by atoms with Crippen molar-refractivity contribution in [3.8, 4) is 0 Å². The Labute approximate surface area is 120 Å². The van der Waals surface area contributed by atoms with Crippen LogP contribution >= 0.6 is 0 Å². The number of nitro groups is 1. The molecule has 1 aromatic carbocycles. The number of para-hydroxylation sites is 1. The Kier molecular flexibility index (Phi) is 6.61. The van der Waals surface area contributed by atoms with Gasteiger partial charge in [0.25, 0.3) is 5.69 Å². The Morgan fingerprint density at radius 2 is 2.00 bits per heavy atom. The van der Waals surface area contributed by atoms with E-state index in [-0.39, 0.29) is 25.4 Å². The molecule has 0 bridgehead atoms. The molecule has 0 aliphatic heterocycles. The number of nitrogens with zero attached hydrogens (tertiary/aromatic N) is 1. The Morgan fingerprint density at radius 3 is 2.67 bits per heavy atom. The third-order valence-corrected chi connectivity index (χ3v) is 2.39. The van der Waals surface area contributed by atoms with Crippen LogP contribution in [-0.2, 0) is 16.1 Å². The lowest BCUT2D eigenvalue weighted by Gasteiger charge is -2.08. The molecule has 0 aliphatic carbocycles. The zero-order valence-electron chi connectivity index (χ0n) is 11.1. The summed E-state index contributed by atoms with van der Waals surface area (Å²) in [5, 5.41) is 24.0. The lowest BCUT2D eigenvalue weighted by atomic mass is 10.2. The SMILES string of the molecule is O=C(O)COCCNC(=O)NCc1ccccc1[N+](=O)[O-]. The van der Waals surface area contributed by atoms with Crippen molar-refractivity contribution in [3.63, 3.8) is 0 Å². The number of carboxylic acids is 1. The minimum absolute atomic E-state index is 0.0129. The van der Waals surface area contributed by atoms with Crippen LogP contribution in [-0.4, -0.2) is 41.8 Å². The van der Waals surface area contributed by atoms with Crippen LogP contribution in [0.25, 0.3) is 0 Å². The van der Waals surface area contributed by atoms with Crippen molar-refractivity contribution in [2.45, 2.75) is 6.54 Å². The number of ether oxygens (including phenoxy) is 1. The summed E-state index contributed by atoms with van der Waals surface area (Å²) in [5.74, 6) is -1.09. The monoisotopic (exact) mass is 297 g/mol. The van der Waals surface area contributed by atoms with Gasteiger partial charge in [-0.15, -0.1) is 0 Å². The molecule has 0 aromatic heterocycles. The van der Waals surface area contributed by atoms with Crippen molar-refractivity contribution in [1.82, 2.24) is 10.6 Å². The van der Waals surface area contributed by atoms with E-state index in [1.807, 2.05) is 0 Å². The maximum absolute atomic E-state index is 11.4. The fourth-order valence-electron chi connectivity index (χ4n) is 1.47. The van der Waals surface area contributed by atoms with Crippen molar-refractivity contribution in [2.24, 2.45) is 0 Å². The first-order chi connectivity index (χ1) is 10.0. The van der Waals surface area contributed by atoms with Crippen molar-refractivity contribution >= 4 is 17.7 Å². The summed E-state index contributed by atoms with van der Waals surface area (Å²) in [7, 11) is 0. The lowest BCUT2D eigenvalue weighted by molar-refractivity contribution is -0.385. The highest BCUT2D eigenvalue weighted by atomic mass is 16.6. The van der Waals surface area contributed by atoms with E-state index in [4.69, 9.17) is 9.84 Å². The van der Waals surface area contributed by atoms with Gasteiger partial charge in [0, 0.05) is 18.2 Å². The van der Waals surface area contributed by atoms with Crippen LogP contribution < -0.4 is 10.6 Å². The molecule has 21 heavy (non-hydrogen) atoms. The van der Waals surface area contributed by atoms with Crippen molar-refractivity contribution in [3.05, 3.63) is 39.9 Å². The molecule has 2 amide bonds. The van der Waals surface area contributed by atoms with Gasteiger partial charge in [-0.25, -0.2) is 9.59 Å².